The van der Waals surface area contributed by atoms with Crippen molar-refractivity contribution in [2.75, 3.05) is 12.4 Å². The number of methoxy groups -OCH3 is 1. The van der Waals surface area contributed by atoms with Crippen molar-refractivity contribution in [3.63, 3.8) is 0 Å². The summed E-state index contributed by atoms with van der Waals surface area (Å²) >= 11 is 0. The zero-order valence-electron chi connectivity index (χ0n) is 10.6. The lowest BCUT2D eigenvalue weighted by Gasteiger charge is -2.07. The molecule has 3 aromatic rings. The number of nitrogens with zero attached hydrogens (tertiary/aromatic N) is 4. The lowest BCUT2D eigenvalue weighted by Crippen LogP contribution is -2.01. The number of ether oxygens (including phenoxy) is 1. The van der Waals surface area contributed by atoms with Crippen LogP contribution >= 0.6 is 0 Å². The van der Waals surface area contributed by atoms with Crippen LogP contribution in [0.3, 0.4) is 0 Å². The number of hydrogen-bond acceptors (Lipinski definition) is 6. The molecule has 98 valence electrons. The standard InChI is InChI=1S/C13H10N6O/c1-20-10-7-15-11(6-14)16-13(10)17-12-8-4-2-3-5-9(8)18-19-12/h2-5,7H,1H3,(H2,15,16,17,18,19). The molecular formula is C13H10N6O. The lowest BCUT2D eigenvalue weighted by molar-refractivity contribution is 0.413. The van der Waals surface area contributed by atoms with Gasteiger partial charge in [-0.1, -0.05) is 12.1 Å². The van der Waals surface area contributed by atoms with Gasteiger partial charge < -0.3 is 10.1 Å². The molecule has 2 N–H and O–H groups in total. The third-order valence-corrected chi connectivity index (χ3v) is 2.78. The highest BCUT2D eigenvalue weighted by atomic mass is 16.5. The smallest absolute Gasteiger partial charge is 0.234 e. The number of aromatic amines is 1. The van der Waals surface area contributed by atoms with Gasteiger partial charge in [-0.2, -0.15) is 15.3 Å². The minimum Gasteiger partial charge on any atom is -0.491 e. The van der Waals surface area contributed by atoms with E-state index in [1.807, 2.05) is 30.3 Å². The molecule has 0 amide bonds. The number of fused-ring (bicyclic) bond motifs is 1. The largest absolute Gasteiger partial charge is 0.491 e. The van der Waals surface area contributed by atoms with Crippen molar-refractivity contribution in [3.05, 3.63) is 36.3 Å². The van der Waals surface area contributed by atoms with E-state index in [1.165, 1.54) is 13.3 Å². The Morgan fingerprint density at radius 1 is 1.30 bits per heavy atom. The number of para-hydroxylation sites is 1. The van der Waals surface area contributed by atoms with Gasteiger partial charge in [0.05, 0.1) is 18.8 Å². The molecule has 0 radical (unpaired) electrons. The molecule has 2 aromatic heterocycles. The maximum absolute atomic E-state index is 8.86. The van der Waals surface area contributed by atoms with E-state index in [0.29, 0.717) is 17.4 Å². The van der Waals surface area contributed by atoms with Gasteiger partial charge in [-0.25, -0.2) is 4.98 Å². The van der Waals surface area contributed by atoms with Crippen LogP contribution in [0, 0.1) is 11.3 Å². The van der Waals surface area contributed by atoms with E-state index in [9.17, 15) is 0 Å². The van der Waals surface area contributed by atoms with Crippen LogP contribution in [0.15, 0.2) is 30.5 Å². The van der Waals surface area contributed by atoms with E-state index in [2.05, 4.69) is 25.5 Å². The zero-order chi connectivity index (χ0) is 13.9. The molecule has 0 fully saturated rings. The quantitative estimate of drug-likeness (QED) is 0.751. The van der Waals surface area contributed by atoms with Gasteiger partial charge in [-0.15, -0.1) is 0 Å². The van der Waals surface area contributed by atoms with E-state index < -0.39 is 0 Å². The minimum atomic E-state index is 0.0631. The second-order valence-corrected chi connectivity index (χ2v) is 3.97. The first-order chi connectivity index (χ1) is 9.81. The molecule has 0 bridgehead atoms. The van der Waals surface area contributed by atoms with Crippen molar-refractivity contribution < 1.29 is 4.74 Å². The summed E-state index contributed by atoms with van der Waals surface area (Å²) in [5, 5.41) is 19.9. The van der Waals surface area contributed by atoms with Gasteiger partial charge >= 0.3 is 0 Å². The van der Waals surface area contributed by atoms with Crippen LogP contribution in [0.25, 0.3) is 10.9 Å². The molecule has 0 saturated heterocycles. The number of benzene rings is 1. The highest BCUT2D eigenvalue weighted by Crippen LogP contribution is 2.27. The molecule has 7 heteroatoms. The zero-order valence-corrected chi connectivity index (χ0v) is 10.6. The van der Waals surface area contributed by atoms with Gasteiger partial charge in [0, 0.05) is 5.39 Å². The fraction of sp³-hybridized carbons (Fsp3) is 0.0769. The van der Waals surface area contributed by atoms with Crippen molar-refractivity contribution in [2.45, 2.75) is 0 Å². The first-order valence-corrected chi connectivity index (χ1v) is 5.83. The Kier molecular flexibility index (Phi) is 2.89. The molecule has 0 aliphatic rings. The topological polar surface area (TPSA) is 99.5 Å². The molecule has 3 rings (SSSR count). The molecule has 7 nitrogen and oxygen atoms in total. The highest BCUT2D eigenvalue weighted by molar-refractivity contribution is 5.91. The third kappa shape index (κ3) is 1.99. The molecule has 20 heavy (non-hydrogen) atoms. The molecule has 1 aromatic carbocycles. The Morgan fingerprint density at radius 2 is 2.15 bits per heavy atom. The maximum Gasteiger partial charge on any atom is 0.234 e. The SMILES string of the molecule is COc1cnc(C#N)nc1Nc1n[nH]c2ccccc12. The summed E-state index contributed by atoms with van der Waals surface area (Å²) in [6.07, 6.45) is 1.45. The summed E-state index contributed by atoms with van der Waals surface area (Å²) in [6, 6.07) is 9.58. The number of rotatable bonds is 3. The highest BCUT2D eigenvalue weighted by Gasteiger charge is 2.11. The average molecular weight is 266 g/mol. The van der Waals surface area contributed by atoms with Crippen molar-refractivity contribution >= 4 is 22.5 Å². The molecule has 0 aliphatic heterocycles. The minimum absolute atomic E-state index is 0.0631. The van der Waals surface area contributed by atoms with Gasteiger partial charge in [0.1, 0.15) is 6.07 Å². The van der Waals surface area contributed by atoms with Crippen molar-refractivity contribution in [1.82, 2.24) is 20.2 Å². The summed E-state index contributed by atoms with van der Waals surface area (Å²) in [6.45, 7) is 0. The van der Waals surface area contributed by atoms with Crippen LogP contribution in [-0.2, 0) is 0 Å². The number of nitrogens with one attached hydrogen (secondary N) is 2. The lowest BCUT2D eigenvalue weighted by atomic mass is 10.2. The van der Waals surface area contributed by atoms with E-state index in [-0.39, 0.29) is 5.82 Å². The van der Waals surface area contributed by atoms with Crippen LogP contribution in [-0.4, -0.2) is 27.3 Å². The number of aromatic nitrogens is 4. The summed E-state index contributed by atoms with van der Waals surface area (Å²) in [4.78, 5) is 7.94. The van der Waals surface area contributed by atoms with Gasteiger partial charge in [0.25, 0.3) is 0 Å². The normalized spacial score (nSPS) is 10.2. The van der Waals surface area contributed by atoms with Crippen LogP contribution < -0.4 is 10.1 Å². The van der Waals surface area contributed by atoms with Gasteiger partial charge in [0.2, 0.25) is 5.82 Å². The first kappa shape index (κ1) is 11.9. The summed E-state index contributed by atoms with van der Waals surface area (Å²) in [7, 11) is 1.51. The Balaban J connectivity index is 2.04. The summed E-state index contributed by atoms with van der Waals surface area (Å²) in [5.41, 5.74) is 0.906. The maximum atomic E-state index is 8.86. The monoisotopic (exact) mass is 266 g/mol. The van der Waals surface area contributed by atoms with Crippen molar-refractivity contribution in [2.24, 2.45) is 0 Å². The van der Waals surface area contributed by atoms with Crippen molar-refractivity contribution in [1.29, 1.82) is 5.26 Å². The number of H-pyrrole nitrogens is 1. The predicted molar refractivity (Wildman–Crippen MR) is 72.7 cm³/mol. The van der Waals surface area contributed by atoms with Crippen LogP contribution in [0.5, 0.6) is 5.75 Å². The van der Waals surface area contributed by atoms with E-state index >= 15 is 0 Å². The summed E-state index contributed by atoms with van der Waals surface area (Å²) < 4.78 is 5.17. The van der Waals surface area contributed by atoms with Crippen LogP contribution in [0.2, 0.25) is 0 Å². The molecular weight excluding hydrogens is 256 g/mol. The first-order valence-electron chi connectivity index (χ1n) is 5.83. The van der Waals surface area contributed by atoms with Gasteiger partial charge in [-0.05, 0) is 12.1 Å². The molecule has 0 atom stereocenters. The number of anilines is 2. The predicted octanol–water partition coefficient (Wildman–Crippen LogP) is 1.98. The Hall–Kier alpha value is -3.14. The fourth-order valence-corrected chi connectivity index (χ4v) is 1.83. The Bertz CT molecular complexity index is 804. The van der Waals surface area contributed by atoms with Crippen molar-refractivity contribution in [3.8, 4) is 11.8 Å². The van der Waals surface area contributed by atoms with Crippen LogP contribution in [0.1, 0.15) is 5.82 Å². The average Bonchev–Trinajstić information content (AvgIpc) is 2.90. The number of hydrogen-bond donors (Lipinski definition) is 2. The second kappa shape index (κ2) is 4.85. The van der Waals surface area contributed by atoms with Gasteiger partial charge in [0.15, 0.2) is 17.4 Å². The summed E-state index contributed by atoms with van der Waals surface area (Å²) in [5.74, 6) is 1.52. The number of nitriles is 1. The molecule has 0 aliphatic carbocycles. The van der Waals surface area contributed by atoms with E-state index in [4.69, 9.17) is 10.00 Å². The molecule has 0 saturated carbocycles. The Labute approximate surface area is 114 Å². The van der Waals surface area contributed by atoms with E-state index in [1.54, 1.807) is 0 Å². The molecule has 0 unspecified atom stereocenters. The molecule has 0 spiro atoms. The fourth-order valence-electron chi connectivity index (χ4n) is 1.83. The second-order valence-electron chi connectivity index (χ2n) is 3.97. The molecule has 2 heterocycles. The third-order valence-electron chi connectivity index (χ3n) is 2.78. The van der Waals surface area contributed by atoms with E-state index in [0.717, 1.165) is 10.9 Å². The van der Waals surface area contributed by atoms with Crippen LogP contribution in [0.4, 0.5) is 11.6 Å². The van der Waals surface area contributed by atoms with Gasteiger partial charge in [-0.3, -0.25) is 5.10 Å². The Morgan fingerprint density at radius 3 is 2.95 bits per heavy atom.